The predicted octanol–water partition coefficient (Wildman–Crippen LogP) is 1.13. The first-order valence-electron chi connectivity index (χ1n) is 6.60. The van der Waals surface area contributed by atoms with Gasteiger partial charge in [0.25, 0.3) is 0 Å². The minimum absolute atomic E-state index is 0.0520. The van der Waals surface area contributed by atoms with E-state index in [4.69, 9.17) is 5.11 Å². The number of aromatic nitrogens is 4. The van der Waals surface area contributed by atoms with Crippen molar-refractivity contribution in [1.29, 1.82) is 0 Å². The number of rotatable bonds is 6. The zero-order valence-corrected chi connectivity index (χ0v) is 11.9. The molecule has 0 atom stereocenters. The second kappa shape index (κ2) is 6.21. The van der Waals surface area contributed by atoms with E-state index >= 15 is 0 Å². The Morgan fingerprint density at radius 1 is 1.38 bits per heavy atom. The van der Waals surface area contributed by atoms with E-state index in [1.54, 1.807) is 10.7 Å². The fraction of sp³-hybridized carbons (Fsp3) is 0.385. The molecule has 0 aromatic carbocycles. The number of amides is 1. The van der Waals surface area contributed by atoms with Crippen LogP contribution in [0.25, 0.3) is 0 Å². The van der Waals surface area contributed by atoms with Crippen LogP contribution >= 0.6 is 0 Å². The normalized spacial score (nSPS) is 10.6. The number of aromatic carboxylic acids is 1. The number of hydrogen-bond acceptors (Lipinski definition) is 4. The van der Waals surface area contributed by atoms with Crippen molar-refractivity contribution in [3.8, 4) is 0 Å². The average Bonchev–Trinajstić information content (AvgIpc) is 2.98. The van der Waals surface area contributed by atoms with Crippen molar-refractivity contribution in [3.05, 3.63) is 29.7 Å². The summed E-state index contributed by atoms with van der Waals surface area (Å²) in [4.78, 5) is 22.7. The highest BCUT2D eigenvalue weighted by atomic mass is 16.4. The van der Waals surface area contributed by atoms with Crippen LogP contribution in [-0.4, -0.2) is 36.5 Å². The number of carbonyl (C=O) groups is 2. The summed E-state index contributed by atoms with van der Waals surface area (Å²) in [6, 6.07) is 3.14. The maximum Gasteiger partial charge on any atom is 0.356 e. The fourth-order valence-electron chi connectivity index (χ4n) is 1.92. The van der Waals surface area contributed by atoms with Gasteiger partial charge in [-0.15, -0.1) is 0 Å². The lowest BCUT2D eigenvalue weighted by Crippen LogP contribution is -2.21. The van der Waals surface area contributed by atoms with Crippen molar-refractivity contribution in [2.24, 2.45) is 0 Å². The number of carbonyl (C=O) groups excluding carboxylic acids is 1. The highest BCUT2D eigenvalue weighted by Crippen LogP contribution is 2.11. The summed E-state index contributed by atoms with van der Waals surface area (Å²) in [7, 11) is 0. The average molecular weight is 291 g/mol. The van der Waals surface area contributed by atoms with Crippen molar-refractivity contribution >= 4 is 17.7 Å². The summed E-state index contributed by atoms with van der Waals surface area (Å²) in [5.41, 5.74) is 0.737. The van der Waals surface area contributed by atoms with E-state index < -0.39 is 5.97 Å². The summed E-state index contributed by atoms with van der Waals surface area (Å²) in [5, 5.41) is 19.6. The van der Waals surface area contributed by atoms with Gasteiger partial charge < -0.3 is 10.4 Å². The molecule has 0 saturated heterocycles. The van der Waals surface area contributed by atoms with Gasteiger partial charge in [-0.2, -0.15) is 10.2 Å². The van der Waals surface area contributed by atoms with Crippen molar-refractivity contribution < 1.29 is 14.7 Å². The second-order valence-electron chi connectivity index (χ2n) is 4.65. The van der Waals surface area contributed by atoms with Crippen molar-refractivity contribution in [2.45, 2.75) is 33.4 Å². The Kier molecular flexibility index (Phi) is 4.36. The van der Waals surface area contributed by atoms with E-state index in [1.807, 2.05) is 13.8 Å². The van der Waals surface area contributed by atoms with Crippen molar-refractivity contribution in [1.82, 2.24) is 19.6 Å². The van der Waals surface area contributed by atoms with Crippen molar-refractivity contribution in [2.75, 3.05) is 5.32 Å². The Morgan fingerprint density at radius 2 is 2.14 bits per heavy atom. The van der Waals surface area contributed by atoms with Gasteiger partial charge in [-0.3, -0.25) is 9.48 Å². The van der Waals surface area contributed by atoms with E-state index in [1.165, 1.54) is 16.9 Å². The van der Waals surface area contributed by atoms with Crippen LogP contribution in [0, 0.1) is 6.92 Å². The maximum absolute atomic E-state index is 12.0. The number of aryl methyl sites for hydroxylation is 2. The van der Waals surface area contributed by atoms with Crippen LogP contribution in [0.4, 0.5) is 5.82 Å². The Balaban J connectivity index is 2.02. The maximum atomic E-state index is 12.0. The molecule has 8 heteroatoms. The minimum atomic E-state index is -1.12. The molecule has 0 saturated carbocycles. The summed E-state index contributed by atoms with van der Waals surface area (Å²) in [5.74, 6) is -0.775. The van der Waals surface area contributed by atoms with Gasteiger partial charge in [0.1, 0.15) is 12.4 Å². The van der Waals surface area contributed by atoms with Gasteiger partial charge in [0, 0.05) is 18.8 Å². The summed E-state index contributed by atoms with van der Waals surface area (Å²) < 4.78 is 3.02. The van der Waals surface area contributed by atoms with E-state index in [-0.39, 0.29) is 18.1 Å². The van der Waals surface area contributed by atoms with Crippen LogP contribution in [0.2, 0.25) is 0 Å². The molecule has 0 aliphatic rings. The summed E-state index contributed by atoms with van der Waals surface area (Å²) >= 11 is 0. The van der Waals surface area contributed by atoms with Crippen LogP contribution in [-0.2, 0) is 17.9 Å². The van der Waals surface area contributed by atoms with Gasteiger partial charge in [-0.1, -0.05) is 6.92 Å². The largest absolute Gasteiger partial charge is 0.476 e. The van der Waals surface area contributed by atoms with Gasteiger partial charge in [-0.25, -0.2) is 9.48 Å². The first-order valence-corrected chi connectivity index (χ1v) is 6.60. The SMILES string of the molecule is CCCn1nc(C)cc1NC(=O)Cn1ccc(C(=O)O)n1. The quantitative estimate of drug-likeness (QED) is 0.830. The van der Waals surface area contributed by atoms with Crippen LogP contribution < -0.4 is 5.32 Å². The van der Waals surface area contributed by atoms with E-state index in [0.29, 0.717) is 12.4 Å². The number of carboxylic acids is 1. The molecule has 0 bridgehead atoms. The molecule has 112 valence electrons. The molecule has 0 fully saturated rings. The Morgan fingerprint density at radius 3 is 2.76 bits per heavy atom. The molecule has 2 heterocycles. The topological polar surface area (TPSA) is 102 Å². The molecular weight excluding hydrogens is 274 g/mol. The van der Waals surface area contributed by atoms with Gasteiger partial charge in [0.2, 0.25) is 5.91 Å². The smallest absolute Gasteiger partial charge is 0.356 e. The summed E-state index contributed by atoms with van der Waals surface area (Å²) in [6.45, 7) is 4.55. The molecule has 0 aliphatic carbocycles. The van der Waals surface area contributed by atoms with Crippen LogP contribution in [0.5, 0.6) is 0 Å². The van der Waals surface area contributed by atoms with Gasteiger partial charge in [-0.05, 0) is 19.4 Å². The molecule has 2 rings (SSSR count). The van der Waals surface area contributed by atoms with Gasteiger partial charge >= 0.3 is 5.97 Å². The first-order chi connectivity index (χ1) is 9.99. The first kappa shape index (κ1) is 14.8. The number of nitrogens with zero attached hydrogens (tertiary/aromatic N) is 4. The molecule has 0 radical (unpaired) electrons. The van der Waals surface area contributed by atoms with Crippen LogP contribution in [0.1, 0.15) is 29.5 Å². The monoisotopic (exact) mass is 291 g/mol. The number of anilines is 1. The van der Waals surface area contributed by atoms with Gasteiger partial charge in [0.15, 0.2) is 5.69 Å². The fourth-order valence-corrected chi connectivity index (χ4v) is 1.92. The Labute approximate surface area is 121 Å². The Hall–Kier alpha value is -2.64. The standard InChI is InChI=1S/C13H17N5O3/c1-3-5-18-11(7-9(2)15-18)14-12(19)8-17-6-4-10(16-17)13(20)21/h4,6-7H,3,5,8H2,1-2H3,(H,14,19)(H,20,21). The highest BCUT2D eigenvalue weighted by Gasteiger charge is 2.12. The lowest BCUT2D eigenvalue weighted by Gasteiger charge is -2.07. The highest BCUT2D eigenvalue weighted by molar-refractivity contribution is 5.90. The van der Waals surface area contributed by atoms with E-state index in [9.17, 15) is 9.59 Å². The van der Waals surface area contributed by atoms with E-state index in [0.717, 1.165) is 12.1 Å². The van der Waals surface area contributed by atoms with E-state index in [2.05, 4.69) is 15.5 Å². The number of nitrogens with one attached hydrogen (secondary N) is 1. The van der Waals surface area contributed by atoms with Crippen LogP contribution in [0.3, 0.4) is 0 Å². The molecule has 21 heavy (non-hydrogen) atoms. The number of carboxylic acid groups (broad SMARTS) is 1. The molecule has 0 unspecified atom stereocenters. The third-order valence-electron chi connectivity index (χ3n) is 2.77. The van der Waals surface area contributed by atoms with Gasteiger partial charge in [0.05, 0.1) is 5.69 Å². The lowest BCUT2D eigenvalue weighted by atomic mass is 10.4. The molecule has 0 spiro atoms. The van der Waals surface area contributed by atoms with Crippen LogP contribution in [0.15, 0.2) is 18.3 Å². The zero-order chi connectivity index (χ0) is 15.4. The molecule has 0 aliphatic heterocycles. The number of hydrogen-bond donors (Lipinski definition) is 2. The zero-order valence-electron chi connectivity index (χ0n) is 11.9. The molecule has 2 aromatic rings. The molecule has 2 N–H and O–H groups in total. The lowest BCUT2D eigenvalue weighted by molar-refractivity contribution is -0.117. The predicted molar refractivity (Wildman–Crippen MR) is 75.1 cm³/mol. The second-order valence-corrected chi connectivity index (χ2v) is 4.65. The molecule has 8 nitrogen and oxygen atoms in total. The Bertz CT molecular complexity index is 659. The minimum Gasteiger partial charge on any atom is -0.476 e. The molecular formula is C13H17N5O3. The summed E-state index contributed by atoms with van der Waals surface area (Å²) in [6.07, 6.45) is 2.36. The van der Waals surface area contributed by atoms with Crippen molar-refractivity contribution in [3.63, 3.8) is 0 Å². The molecule has 2 aromatic heterocycles. The third-order valence-corrected chi connectivity index (χ3v) is 2.77. The third kappa shape index (κ3) is 3.68. The molecule has 1 amide bonds.